The Morgan fingerprint density at radius 3 is 2.57 bits per heavy atom. The quantitative estimate of drug-likeness (QED) is 0.449. The van der Waals surface area contributed by atoms with Crippen LogP contribution in [-0.2, 0) is 0 Å². The second kappa shape index (κ2) is 6.43. The third-order valence-electron chi connectivity index (χ3n) is 2.54. The first kappa shape index (κ1) is 15.8. The van der Waals surface area contributed by atoms with E-state index in [9.17, 15) is 15.2 Å². The predicted molar refractivity (Wildman–Crippen MR) is 86.2 cm³/mol. The van der Waals surface area contributed by atoms with E-state index in [2.05, 4.69) is 20.9 Å². The molecule has 2 aromatic rings. The topological polar surface area (TPSA) is 75.7 Å². The van der Waals surface area contributed by atoms with Gasteiger partial charge in [0.25, 0.3) is 0 Å². The Kier molecular flexibility index (Phi) is 4.82. The minimum atomic E-state index is -0.670. The lowest BCUT2D eigenvalue weighted by Gasteiger charge is -2.02. The smallest absolute Gasteiger partial charge is 0.312 e. The van der Waals surface area contributed by atoms with E-state index in [1.54, 1.807) is 18.2 Å². The van der Waals surface area contributed by atoms with Gasteiger partial charge in [-0.2, -0.15) is 0 Å². The zero-order valence-electron chi connectivity index (χ0n) is 10.3. The molecule has 5 nitrogen and oxygen atoms in total. The zero-order valence-corrected chi connectivity index (χ0v) is 13.4. The van der Waals surface area contributed by atoms with Crippen molar-refractivity contribution in [2.75, 3.05) is 0 Å². The molecule has 0 amide bonds. The van der Waals surface area contributed by atoms with Gasteiger partial charge in [-0.15, -0.1) is 0 Å². The van der Waals surface area contributed by atoms with Crippen LogP contribution in [0.3, 0.4) is 0 Å². The monoisotopic (exact) mass is 388 g/mol. The fraction of sp³-hybridized carbons (Fsp3) is 0. The molecule has 2 rings (SSSR count). The van der Waals surface area contributed by atoms with Crippen molar-refractivity contribution in [1.82, 2.24) is 0 Å². The van der Waals surface area contributed by atoms with Crippen LogP contribution in [-0.4, -0.2) is 16.2 Å². The van der Waals surface area contributed by atoms with Crippen molar-refractivity contribution >= 4 is 56.7 Å². The second-order valence-corrected chi connectivity index (χ2v) is 5.71. The molecule has 108 valence electrons. The number of phenolic OH excluding ortho intramolecular Hbond substituents is 1. The summed E-state index contributed by atoms with van der Waals surface area (Å²) in [7, 11) is 0. The molecule has 0 saturated heterocycles. The summed E-state index contributed by atoms with van der Waals surface area (Å²) in [5.74, 6) is -0.452. The van der Waals surface area contributed by atoms with E-state index in [1.165, 1.54) is 18.3 Å². The number of halogens is 3. The number of phenols is 1. The third kappa shape index (κ3) is 3.72. The predicted octanol–water partition coefficient (Wildman–Crippen LogP) is 5.12. The van der Waals surface area contributed by atoms with E-state index >= 15 is 0 Å². The zero-order chi connectivity index (χ0) is 15.6. The standard InChI is InChI=1S/C13H7BrCl2N2O3/c14-8-3-7(13(19)12(4-8)18(20)21)6-17-9-1-2-10(15)11(16)5-9/h1-6,19H/b17-6+. The second-order valence-electron chi connectivity index (χ2n) is 3.98. The van der Waals surface area contributed by atoms with Gasteiger partial charge in [-0.25, -0.2) is 0 Å². The van der Waals surface area contributed by atoms with Gasteiger partial charge in [-0.1, -0.05) is 39.1 Å². The van der Waals surface area contributed by atoms with Crippen LogP contribution in [0.2, 0.25) is 10.0 Å². The number of nitrogens with zero attached hydrogens (tertiary/aromatic N) is 2. The molecule has 0 fully saturated rings. The highest BCUT2D eigenvalue weighted by molar-refractivity contribution is 9.10. The van der Waals surface area contributed by atoms with E-state index in [1.807, 2.05) is 0 Å². The number of aromatic hydroxyl groups is 1. The maximum absolute atomic E-state index is 10.8. The highest BCUT2D eigenvalue weighted by atomic mass is 79.9. The number of hydrogen-bond donors (Lipinski definition) is 1. The minimum absolute atomic E-state index is 0.210. The highest BCUT2D eigenvalue weighted by Gasteiger charge is 2.17. The molecule has 0 aliphatic rings. The molecule has 0 heterocycles. The van der Waals surface area contributed by atoms with Crippen molar-refractivity contribution in [2.24, 2.45) is 4.99 Å². The molecule has 0 aromatic heterocycles. The summed E-state index contributed by atoms with van der Waals surface area (Å²) >= 11 is 14.8. The van der Waals surface area contributed by atoms with E-state index < -0.39 is 16.4 Å². The fourth-order valence-electron chi connectivity index (χ4n) is 1.55. The summed E-state index contributed by atoms with van der Waals surface area (Å²) in [4.78, 5) is 14.3. The van der Waals surface area contributed by atoms with Gasteiger partial charge < -0.3 is 5.11 Å². The fourth-order valence-corrected chi connectivity index (χ4v) is 2.31. The molecule has 0 aliphatic heterocycles. The molecular formula is C13H7BrCl2N2O3. The van der Waals surface area contributed by atoms with Crippen molar-refractivity contribution in [3.05, 3.63) is 60.5 Å². The van der Waals surface area contributed by atoms with Crippen LogP contribution in [0.1, 0.15) is 5.56 Å². The van der Waals surface area contributed by atoms with Gasteiger partial charge in [0.2, 0.25) is 5.75 Å². The van der Waals surface area contributed by atoms with Gasteiger partial charge in [-0.05, 0) is 24.3 Å². The molecular weight excluding hydrogens is 383 g/mol. The van der Waals surface area contributed by atoms with Gasteiger partial charge in [0.05, 0.1) is 20.7 Å². The number of benzene rings is 2. The molecule has 21 heavy (non-hydrogen) atoms. The Morgan fingerprint density at radius 1 is 1.24 bits per heavy atom. The normalized spacial score (nSPS) is 11.0. The maximum atomic E-state index is 10.8. The summed E-state index contributed by atoms with van der Waals surface area (Å²) in [5.41, 5.74) is 0.313. The van der Waals surface area contributed by atoms with Gasteiger partial charge in [0, 0.05) is 22.3 Å². The van der Waals surface area contributed by atoms with E-state index in [0.29, 0.717) is 20.2 Å². The molecule has 8 heteroatoms. The summed E-state index contributed by atoms with van der Waals surface area (Å²) in [5, 5.41) is 21.4. The molecule has 0 aliphatic carbocycles. The Hall–Kier alpha value is -1.63. The van der Waals surface area contributed by atoms with Crippen LogP contribution >= 0.6 is 39.1 Å². The molecule has 0 radical (unpaired) electrons. The molecule has 1 N–H and O–H groups in total. The average molecular weight is 390 g/mol. The molecule has 0 atom stereocenters. The lowest BCUT2D eigenvalue weighted by molar-refractivity contribution is -0.385. The summed E-state index contributed by atoms with van der Waals surface area (Å²) in [6, 6.07) is 7.49. The first-order valence-electron chi connectivity index (χ1n) is 5.54. The van der Waals surface area contributed by atoms with Crippen molar-refractivity contribution in [2.45, 2.75) is 0 Å². The van der Waals surface area contributed by atoms with Gasteiger partial charge in [0.15, 0.2) is 0 Å². The number of aliphatic imine (C=N–C) groups is 1. The molecule has 0 unspecified atom stereocenters. The van der Waals surface area contributed by atoms with Crippen molar-refractivity contribution in [1.29, 1.82) is 0 Å². The van der Waals surface area contributed by atoms with Crippen molar-refractivity contribution < 1.29 is 10.0 Å². The Bertz CT molecular complexity index is 750. The van der Waals surface area contributed by atoms with Crippen molar-refractivity contribution in [3.8, 4) is 5.75 Å². The maximum Gasteiger partial charge on any atom is 0.312 e. The summed E-state index contributed by atoms with van der Waals surface area (Å²) in [6.07, 6.45) is 1.31. The third-order valence-corrected chi connectivity index (χ3v) is 3.73. The molecule has 0 spiro atoms. The number of nitro benzene ring substituents is 1. The van der Waals surface area contributed by atoms with Gasteiger partial charge >= 0.3 is 5.69 Å². The van der Waals surface area contributed by atoms with Crippen molar-refractivity contribution in [3.63, 3.8) is 0 Å². The minimum Gasteiger partial charge on any atom is -0.502 e. The van der Waals surface area contributed by atoms with E-state index in [4.69, 9.17) is 23.2 Å². The summed E-state index contributed by atoms with van der Waals surface area (Å²) in [6.45, 7) is 0. The van der Waals surface area contributed by atoms with Crippen LogP contribution in [0.25, 0.3) is 0 Å². The first-order valence-corrected chi connectivity index (χ1v) is 7.09. The molecule has 0 bridgehead atoms. The van der Waals surface area contributed by atoms with Crippen LogP contribution in [0.15, 0.2) is 39.8 Å². The number of rotatable bonds is 3. The Labute approximate surface area is 138 Å². The highest BCUT2D eigenvalue weighted by Crippen LogP contribution is 2.33. The number of hydrogen-bond acceptors (Lipinski definition) is 4. The molecule has 2 aromatic carbocycles. The van der Waals surface area contributed by atoms with Crippen LogP contribution in [0.4, 0.5) is 11.4 Å². The van der Waals surface area contributed by atoms with Crippen LogP contribution in [0.5, 0.6) is 5.75 Å². The van der Waals surface area contributed by atoms with Gasteiger partial charge in [-0.3, -0.25) is 15.1 Å². The summed E-state index contributed by atoms with van der Waals surface area (Å²) < 4.78 is 0.461. The van der Waals surface area contributed by atoms with Crippen LogP contribution < -0.4 is 0 Å². The average Bonchev–Trinajstić information content (AvgIpc) is 2.42. The van der Waals surface area contributed by atoms with E-state index in [-0.39, 0.29) is 5.56 Å². The van der Waals surface area contributed by atoms with Crippen LogP contribution in [0, 0.1) is 10.1 Å². The van der Waals surface area contributed by atoms with Gasteiger partial charge in [0.1, 0.15) is 0 Å². The first-order chi connectivity index (χ1) is 9.88. The SMILES string of the molecule is O=[N+]([O-])c1cc(Br)cc(/C=N/c2ccc(Cl)c(Cl)c2)c1O. The largest absolute Gasteiger partial charge is 0.502 e. The Morgan fingerprint density at radius 2 is 1.95 bits per heavy atom. The molecule has 0 saturated carbocycles. The lowest BCUT2D eigenvalue weighted by Crippen LogP contribution is -1.92. The number of nitro groups is 1. The van der Waals surface area contributed by atoms with E-state index in [0.717, 1.165) is 0 Å². The Balaban J connectivity index is 2.41. The lowest BCUT2D eigenvalue weighted by atomic mass is 10.2.